The van der Waals surface area contributed by atoms with Gasteiger partial charge in [-0.3, -0.25) is 4.99 Å². The van der Waals surface area contributed by atoms with Crippen molar-refractivity contribution in [2.24, 2.45) is 9.98 Å². The van der Waals surface area contributed by atoms with Crippen LogP contribution in [0.15, 0.2) is 199 Å². The lowest BCUT2D eigenvalue weighted by atomic mass is 9.92. The highest BCUT2D eigenvalue weighted by molar-refractivity contribution is 6.54. The minimum Gasteiger partial charge on any atom is -0.286 e. The van der Waals surface area contributed by atoms with E-state index >= 15 is 0 Å². The molecule has 0 amide bonds. The number of rotatable bonds is 8. The fourth-order valence-corrected chi connectivity index (χ4v) is 7.35. The molecule has 358 valence electrons. The van der Waals surface area contributed by atoms with Gasteiger partial charge in [0, 0.05) is 47.4 Å². The molecule has 0 saturated carbocycles. The molecule has 0 radical (unpaired) electrons. The topological polar surface area (TPSA) is 76.3 Å². The number of alkyl halides is 9. The number of hydrogen-bond donors (Lipinski definition) is 0. The maximum Gasteiger partial charge on any atom is 0.416 e. The van der Waals surface area contributed by atoms with Crippen LogP contribution in [0.3, 0.4) is 0 Å². The first-order valence-corrected chi connectivity index (χ1v) is 21.7. The van der Waals surface area contributed by atoms with Crippen molar-refractivity contribution in [1.82, 2.24) is 19.9 Å². The predicted molar refractivity (Wildman–Crippen MR) is 264 cm³/mol. The van der Waals surface area contributed by atoms with Crippen LogP contribution in [0.5, 0.6) is 0 Å². The van der Waals surface area contributed by atoms with Gasteiger partial charge < -0.3 is 0 Å². The number of allylic oxidation sites excluding steroid dienone is 1. The SMILES string of the molecule is C=CC.CC(F)(F)F.CN=C(C(=Nc1ccccc1)c1ccccc1)c1cc(-c2nc3ccc(C(F)(F)F)cc3nc2-c2ccccc2)cc(-c2nc3ccc(C(F)(F)F)cc3nc2-c2ccccc2)c1. The van der Waals surface area contributed by atoms with Gasteiger partial charge in [0.15, 0.2) is 0 Å². The summed E-state index contributed by atoms with van der Waals surface area (Å²) in [6.07, 6.45) is -11.5. The van der Waals surface area contributed by atoms with Crippen molar-refractivity contribution < 1.29 is 39.5 Å². The van der Waals surface area contributed by atoms with Gasteiger partial charge in [-0.15, -0.1) is 6.58 Å². The van der Waals surface area contributed by atoms with Crippen molar-refractivity contribution in [3.63, 3.8) is 0 Å². The molecular formula is C56H41F9N6. The van der Waals surface area contributed by atoms with E-state index in [2.05, 4.69) is 6.58 Å². The summed E-state index contributed by atoms with van der Waals surface area (Å²) in [6, 6.07) is 49.0. The average molecular weight is 969 g/mol. The van der Waals surface area contributed by atoms with Crippen molar-refractivity contribution in [3.8, 4) is 45.0 Å². The predicted octanol–water partition coefficient (Wildman–Crippen LogP) is 16.3. The Bertz CT molecular complexity index is 3190. The molecule has 0 atom stereocenters. The number of hydrogen-bond acceptors (Lipinski definition) is 6. The first-order chi connectivity index (χ1) is 33.8. The summed E-state index contributed by atoms with van der Waals surface area (Å²) in [7, 11) is 1.65. The van der Waals surface area contributed by atoms with Crippen LogP contribution in [0.1, 0.15) is 36.1 Å². The molecule has 15 heteroatoms. The second-order valence-corrected chi connectivity index (χ2v) is 15.7. The van der Waals surface area contributed by atoms with Crippen molar-refractivity contribution in [1.29, 1.82) is 0 Å². The zero-order valence-corrected chi connectivity index (χ0v) is 38.1. The first-order valence-electron chi connectivity index (χ1n) is 21.7. The van der Waals surface area contributed by atoms with Crippen LogP contribution in [0.4, 0.5) is 45.2 Å². The molecule has 0 N–H and O–H groups in total. The van der Waals surface area contributed by atoms with Crippen molar-refractivity contribution in [3.05, 3.63) is 211 Å². The highest BCUT2D eigenvalue weighted by atomic mass is 19.4. The minimum absolute atomic E-state index is 0.0472. The molecule has 0 spiro atoms. The lowest BCUT2D eigenvalue weighted by Crippen LogP contribution is -2.17. The van der Waals surface area contributed by atoms with Gasteiger partial charge in [0.2, 0.25) is 0 Å². The van der Waals surface area contributed by atoms with Gasteiger partial charge in [-0.25, -0.2) is 24.9 Å². The Morgan fingerprint density at radius 3 is 1.17 bits per heavy atom. The Morgan fingerprint density at radius 2 is 0.789 bits per heavy atom. The monoisotopic (exact) mass is 968 g/mol. The van der Waals surface area contributed by atoms with Crippen molar-refractivity contribution >= 4 is 39.2 Å². The molecule has 0 bridgehead atoms. The molecule has 0 saturated heterocycles. The van der Waals surface area contributed by atoms with Gasteiger partial charge in [0.25, 0.3) is 0 Å². The van der Waals surface area contributed by atoms with Crippen LogP contribution < -0.4 is 0 Å². The van der Waals surface area contributed by atoms with E-state index < -0.39 is 29.7 Å². The number of benzene rings is 7. The van der Waals surface area contributed by atoms with Crippen molar-refractivity contribution in [2.75, 3.05) is 7.05 Å². The summed E-state index contributed by atoms with van der Waals surface area (Å²) in [4.78, 5) is 29.6. The molecule has 71 heavy (non-hydrogen) atoms. The molecule has 7 aromatic carbocycles. The van der Waals surface area contributed by atoms with E-state index in [4.69, 9.17) is 29.9 Å². The Morgan fingerprint density at radius 1 is 0.437 bits per heavy atom. The second kappa shape index (κ2) is 21.5. The summed E-state index contributed by atoms with van der Waals surface area (Å²) in [5.74, 6) is 0. The summed E-state index contributed by atoms with van der Waals surface area (Å²) < 4.78 is 115. The van der Waals surface area contributed by atoms with Gasteiger partial charge in [0.05, 0.1) is 73.1 Å². The first kappa shape index (κ1) is 50.5. The third kappa shape index (κ3) is 12.7. The third-order valence-electron chi connectivity index (χ3n) is 10.3. The number of fused-ring (bicyclic) bond motifs is 2. The van der Waals surface area contributed by atoms with Gasteiger partial charge in [-0.2, -0.15) is 39.5 Å². The summed E-state index contributed by atoms with van der Waals surface area (Å²) in [6.45, 7) is 5.44. The van der Waals surface area contributed by atoms with Crippen LogP contribution in [0.25, 0.3) is 67.1 Å². The van der Waals surface area contributed by atoms with E-state index in [-0.39, 0.29) is 29.0 Å². The van der Waals surface area contributed by atoms with E-state index in [9.17, 15) is 39.5 Å². The van der Waals surface area contributed by atoms with E-state index in [0.29, 0.717) is 67.7 Å². The maximum atomic E-state index is 14.0. The van der Waals surface area contributed by atoms with Crippen molar-refractivity contribution in [2.45, 2.75) is 32.4 Å². The zero-order chi connectivity index (χ0) is 50.9. The summed E-state index contributed by atoms with van der Waals surface area (Å²) >= 11 is 0. The minimum atomic E-state index is -4.61. The molecule has 0 unspecified atom stereocenters. The average Bonchev–Trinajstić information content (AvgIpc) is 3.35. The van der Waals surface area contributed by atoms with Crippen LogP contribution in [0, 0.1) is 0 Å². The maximum absolute atomic E-state index is 14.0. The standard InChI is InChI=1S/C51H32F6N6.C3H6.C2H3F3/c1-58-44(45(31-14-6-2-7-15-31)59-39-20-12-5-13-21-39)34-26-35(48-46(32-16-8-3-9-17-32)62-42-29-37(50(52,53)54)22-24-40(42)60-48)28-36(27-34)49-47(33-18-10-4-11-19-33)63-43-30-38(51(55,56)57)23-25-41(43)61-49;1-3-2;1-2(3,4)5/h2-30H,1H3;3H,1H2,2H3;1H3. The molecular weight excluding hydrogens is 928 g/mol. The quantitative estimate of drug-likeness (QED) is 0.0864. The van der Waals surface area contributed by atoms with Crippen LogP contribution in [-0.4, -0.2) is 44.6 Å². The lowest BCUT2D eigenvalue weighted by Gasteiger charge is -2.18. The van der Waals surface area contributed by atoms with E-state index in [1.807, 2.05) is 97.9 Å². The van der Waals surface area contributed by atoms with Gasteiger partial charge >= 0.3 is 18.5 Å². The lowest BCUT2D eigenvalue weighted by molar-refractivity contribution is -0.138. The number of aliphatic imine (C=N–C) groups is 2. The Labute approximate surface area is 402 Å². The molecule has 9 rings (SSSR count). The smallest absolute Gasteiger partial charge is 0.286 e. The van der Waals surface area contributed by atoms with E-state index in [1.54, 1.807) is 61.7 Å². The van der Waals surface area contributed by atoms with Crippen LogP contribution in [-0.2, 0) is 12.4 Å². The van der Waals surface area contributed by atoms with Crippen LogP contribution in [0.2, 0.25) is 0 Å². The third-order valence-corrected chi connectivity index (χ3v) is 10.3. The van der Waals surface area contributed by atoms with E-state index in [0.717, 1.165) is 29.8 Å². The van der Waals surface area contributed by atoms with E-state index in [1.165, 1.54) is 12.1 Å². The fourth-order valence-electron chi connectivity index (χ4n) is 7.35. The molecule has 0 fully saturated rings. The van der Waals surface area contributed by atoms with Crippen LogP contribution >= 0.6 is 0 Å². The normalized spacial score (nSPS) is 12.2. The number of halogens is 9. The molecule has 0 aliphatic carbocycles. The zero-order valence-electron chi connectivity index (χ0n) is 38.1. The highest BCUT2D eigenvalue weighted by Gasteiger charge is 2.32. The van der Waals surface area contributed by atoms with Gasteiger partial charge in [-0.05, 0) is 73.7 Å². The van der Waals surface area contributed by atoms with Gasteiger partial charge in [-0.1, -0.05) is 115 Å². The van der Waals surface area contributed by atoms with Gasteiger partial charge in [0.1, 0.15) is 0 Å². The Hall–Kier alpha value is -8.33. The Kier molecular flexibility index (Phi) is 15.3. The molecule has 0 aliphatic rings. The molecule has 2 heterocycles. The number of nitrogens with zero attached hydrogens (tertiary/aromatic N) is 6. The Balaban J connectivity index is 0.000000863. The largest absolute Gasteiger partial charge is 0.416 e. The molecule has 0 aliphatic heterocycles. The second-order valence-electron chi connectivity index (χ2n) is 15.7. The number of aromatic nitrogens is 4. The molecule has 2 aromatic heterocycles. The molecule has 9 aromatic rings. The summed E-state index contributed by atoms with van der Waals surface area (Å²) in [5.41, 5.74) is 5.34. The number of para-hydroxylation sites is 1. The fraction of sp³-hybridized carbons (Fsp3) is 0.107. The highest BCUT2D eigenvalue weighted by Crippen LogP contribution is 2.40. The summed E-state index contributed by atoms with van der Waals surface area (Å²) in [5, 5.41) is 0. The molecule has 6 nitrogen and oxygen atoms in total.